The number of unbranched alkanes of at least 4 members (excludes halogenated alkanes) is 11. The first-order chi connectivity index (χ1) is 29.2. The number of fused-ring (bicyclic) bond motifs is 2. The van der Waals surface area contributed by atoms with Crippen LogP contribution in [-0.4, -0.2) is 65.4 Å². The topological polar surface area (TPSA) is 171 Å². The van der Waals surface area contributed by atoms with Gasteiger partial charge in [0.15, 0.2) is 11.5 Å². The summed E-state index contributed by atoms with van der Waals surface area (Å²) in [5.74, 6) is -3.34. The third-order valence-corrected chi connectivity index (χ3v) is 10.8. The van der Waals surface area contributed by atoms with Gasteiger partial charge in [-0.05, 0) is 66.9 Å². The molecule has 15 nitrogen and oxygen atoms in total. The zero-order chi connectivity index (χ0) is 41.7. The van der Waals surface area contributed by atoms with Crippen LogP contribution in [-0.2, 0) is 25.9 Å². The van der Waals surface area contributed by atoms with Gasteiger partial charge in [-0.15, -0.1) is 0 Å². The van der Waals surface area contributed by atoms with Crippen molar-refractivity contribution in [1.29, 1.82) is 0 Å². The molecule has 2 saturated heterocycles. The summed E-state index contributed by atoms with van der Waals surface area (Å²) in [6, 6.07) is 15.9. The van der Waals surface area contributed by atoms with Gasteiger partial charge in [0.25, 0.3) is 17.6 Å². The number of nitrogens with zero attached hydrogens (tertiary/aromatic N) is 2. The number of aromatic nitrogens is 1. The van der Waals surface area contributed by atoms with Crippen molar-refractivity contribution in [3.8, 4) is 11.5 Å². The molecular weight excluding hydrogens is 781 g/mol. The highest BCUT2D eigenvalue weighted by molar-refractivity contribution is 5.98. The molecular formula is C43H55F2N7O8. The minimum atomic E-state index is -2.14. The van der Waals surface area contributed by atoms with Crippen LogP contribution in [0.15, 0.2) is 60.7 Å². The van der Waals surface area contributed by atoms with Gasteiger partial charge in [0.1, 0.15) is 17.3 Å². The summed E-state index contributed by atoms with van der Waals surface area (Å²) >= 11 is 0. The predicted octanol–water partition coefficient (Wildman–Crippen LogP) is 7.20. The molecule has 3 aliphatic heterocycles. The Labute approximate surface area is 347 Å². The van der Waals surface area contributed by atoms with Crippen molar-refractivity contribution in [1.82, 2.24) is 26.5 Å². The van der Waals surface area contributed by atoms with Crippen LogP contribution >= 0.6 is 0 Å². The monoisotopic (exact) mass is 835 g/mol. The molecule has 0 radical (unpaired) electrons. The number of rotatable bonds is 22. The zero-order valence-electron chi connectivity index (χ0n) is 33.7. The molecule has 2 atom stereocenters. The van der Waals surface area contributed by atoms with Crippen molar-refractivity contribution in [3.63, 3.8) is 0 Å². The molecule has 3 aliphatic rings. The average Bonchev–Trinajstić information content (AvgIpc) is 3.99. The third kappa shape index (κ3) is 11.8. The number of halogens is 2. The van der Waals surface area contributed by atoms with Crippen molar-refractivity contribution < 1.29 is 47.7 Å². The molecule has 0 spiro atoms. The third-order valence-electron chi connectivity index (χ3n) is 10.8. The summed E-state index contributed by atoms with van der Waals surface area (Å²) in [5, 5.41) is 23.4. The van der Waals surface area contributed by atoms with Gasteiger partial charge >= 0.3 is 0 Å². The SMILES string of the molecule is O=C(NCCCCCCCCCCCCCCNc1ccc2c(c1)ON(C1CCONO1)O2)c1cc2cc(N3CCC(O)(C(=O)NCc4cc(F)cc(F)c4)O3)ccc2[nH]1. The van der Waals surface area contributed by atoms with Crippen LogP contribution in [0.1, 0.15) is 106 Å². The summed E-state index contributed by atoms with van der Waals surface area (Å²) < 4.78 is 27.0. The lowest BCUT2D eigenvalue weighted by Gasteiger charge is -2.26. The number of nitrogens with one attached hydrogen (secondary N) is 5. The van der Waals surface area contributed by atoms with Crippen LogP contribution in [0.3, 0.4) is 0 Å². The Kier molecular flexibility index (Phi) is 15.0. The number of amides is 2. The van der Waals surface area contributed by atoms with Crippen molar-refractivity contribution in [2.45, 2.75) is 108 Å². The van der Waals surface area contributed by atoms with Gasteiger partial charge in [-0.2, -0.15) is 0 Å². The van der Waals surface area contributed by atoms with E-state index in [0.717, 1.165) is 67.0 Å². The second kappa shape index (κ2) is 21.0. The molecule has 2 fully saturated rings. The number of hydrogen-bond donors (Lipinski definition) is 6. The number of hydrogen-bond acceptors (Lipinski definition) is 12. The van der Waals surface area contributed by atoms with E-state index in [1.807, 2.05) is 24.3 Å². The number of H-pyrrole nitrogens is 1. The molecule has 2 amide bonds. The number of aromatic amines is 1. The molecule has 2 unspecified atom stereocenters. The van der Waals surface area contributed by atoms with E-state index in [1.54, 1.807) is 18.2 Å². The molecule has 0 saturated carbocycles. The minimum absolute atomic E-state index is 0.0186. The second-order valence-electron chi connectivity index (χ2n) is 15.5. The van der Waals surface area contributed by atoms with Gasteiger partial charge in [-0.1, -0.05) is 69.9 Å². The van der Waals surface area contributed by atoms with Crippen molar-refractivity contribution in [3.05, 3.63) is 83.6 Å². The van der Waals surface area contributed by atoms with Crippen LogP contribution in [0.5, 0.6) is 11.5 Å². The molecule has 7 rings (SSSR count). The fourth-order valence-corrected chi connectivity index (χ4v) is 7.44. The van der Waals surface area contributed by atoms with Crippen LogP contribution in [0.2, 0.25) is 0 Å². The lowest BCUT2D eigenvalue weighted by molar-refractivity contribution is -0.376. The van der Waals surface area contributed by atoms with Crippen LogP contribution in [0.25, 0.3) is 10.9 Å². The Hall–Kier alpha value is -5.04. The lowest BCUT2D eigenvalue weighted by atomic mass is 10.1. The quantitative estimate of drug-likeness (QED) is 0.0441. The van der Waals surface area contributed by atoms with E-state index in [1.165, 1.54) is 61.7 Å². The molecule has 4 heterocycles. The van der Waals surface area contributed by atoms with E-state index >= 15 is 0 Å². The highest BCUT2D eigenvalue weighted by atomic mass is 19.1. The molecule has 3 aromatic carbocycles. The summed E-state index contributed by atoms with van der Waals surface area (Å²) in [7, 11) is 0. The highest BCUT2D eigenvalue weighted by Crippen LogP contribution is 2.38. The van der Waals surface area contributed by atoms with Gasteiger partial charge in [-0.25, -0.2) is 13.6 Å². The molecule has 6 N–H and O–H groups in total. The summed E-state index contributed by atoms with van der Waals surface area (Å²) in [5.41, 5.74) is 5.42. The van der Waals surface area contributed by atoms with Gasteiger partial charge in [0.05, 0.1) is 24.1 Å². The van der Waals surface area contributed by atoms with E-state index in [2.05, 4.69) is 26.6 Å². The lowest BCUT2D eigenvalue weighted by Crippen LogP contribution is -2.47. The Morgan fingerprint density at radius 1 is 0.800 bits per heavy atom. The molecule has 4 aromatic rings. The number of carbonyl (C=O) groups is 2. The Morgan fingerprint density at radius 3 is 2.22 bits per heavy atom. The highest BCUT2D eigenvalue weighted by Gasteiger charge is 2.45. The summed E-state index contributed by atoms with van der Waals surface area (Å²) in [6.45, 7) is 2.06. The zero-order valence-corrected chi connectivity index (χ0v) is 33.7. The molecule has 0 aliphatic carbocycles. The first kappa shape index (κ1) is 43.1. The fourth-order valence-electron chi connectivity index (χ4n) is 7.44. The summed E-state index contributed by atoms with van der Waals surface area (Å²) in [6.07, 6.45) is 14.5. The first-order valence-corrected chi connectivity index (χ1v) is 21.1. The van der Waals surface area contributed by atoms with E-state index in [9.17, 15) is 23.5 Å². The van der Waals surface area contributed by atoms with Crippen LogP contribution in [0, 0.1) is 11.6 Å². The van der Waals surface area contributed by atoms with Gasteiger partial charge in [0, 0.05) is 61.2 Å². The predicted molar refractivity (Wildman–Crippen MR) is 219 cm³/mol. The number of anilines is 2. The Balaban J connectivity index is 0.688. The van der Waals surface area contributed by atoms with Gasteiger partial charge < -0.3 is 35.7 Å². The maximum atomic E-state index is 13.5. The maximum absolute atomic E-state index is 13.5. The number of hydroxylamine groups is 3. The van der Waals surface area contributed by atoms with Crippen molar-refractivity contribution in [2.75, 3.05) is 36.6 Å². The standard InChI is InChI=1S/C43H55F2N7O8/c44-32-23-30(24-33(45)27-32)29-48-42(54)43(55)18-21-51(60-43)35-14-15-36-31(25-35)26-37(49-36)41(53)47-20-12-10-8-6-4-2-1-3-5-7-9-11-19-46-34-13-16-38-39(28-34)59-52(58-38)40-17-22-56-50-57-40/h13-16,23-28,40,46,49-50,55H,1-12,17-22,29H2,(H,47,53)(H,48,54). The largest absolute Gasteiger partial charge is 0.385 e. The number of benzene rings is 3. The van der Waals surface area contributed by atoms with Gasteiger partial charge in [0.2, 0.25) is 6.23 Å². The molecule has 60 heavy (non-hydrogen) atoms. The van der Waals surface area contributed by atoms with E-state index in [4.69, 9.17) is 24.2 Å². The van der Waals surface area contributed by atoms with Crippen LogP contribution in [0.4, 0.5) is 20.2 Å². The smallest absolute Gasteiger partial charge is 0.282 e. The second-order valence-corrected chi connectivity index (χ2v) is 15.5. The normalized spacial score (nSPS) is 18.9. The molecule has 17 heteroatoms. The average molecular weight is 836 g/mol. The fraction of sp³-hybridized carbons (Fsp3) is 0.488. The van der Waals surface area contributed by atoms with E-state index in [0.29, 0.717) is 42.5 Å². The Bertz CT molecular complexity index is 2030. The van der Waals surface area contributed by atoms with E-state index in [-0.39, 0.29) is 37.2 Å². The van der Waals surface area contributed by atoms with E-state index < -0.39 is 23.3 Å². The van der Waals surface area contributed by atoms with Crippen molar-refractivity contribution in [2.24, 2.45) is 0 Å². The van der Waals surface area contributed by atoms with Crippen LogP contribution < -0.4 is 36.3 Å². The molecule has 1 aromatic heterocycles. The minimum Gasteiger partial charge on any atom is -0.385 e. The van der Waals surface area contributed by atoms with Crippen molar-refractivity contribution >= 4 is 34.1 Å². The first-order valence-electron chi connectivity index (χ1n) is 21.1. The molecule has 0 bridgehead atoms. The molecule has 324 valence electrons. The number of carbonyl (C=O) groups excluding carboxylic acids is 2. The maximum Gasteiger partial charge on any atom is 0.282 e. The van der Waals surface area contributed by atoms with Gasteiger partial charge in [-0.3, -0.25) is 24.3 Å². The summed E-state index contributed by atoms with van der Waals surface area (Å²) in [4.78, 5) is 56.2. The number of aliphatic hydroxyl groups is 1. The Morgan fingerprint density at radius 2 is 1.50 bits per heavy atom.